The molecule has 1 atom stereocenters. The first-order valence-electron chi connectivity index (χ1n) is 11.3. The van der Waals surface area contributed by atoms with E-state index in [1.165, 1.54) is 0 Å². The summed E-state index contributed by atoms with van der Waals surface area (Å²) < 4.78 is 11.2. The van der Waals surface area contributed by atoms with Crippen LogP contribution in [0.5, 0.6) is 11.5 Å². The monoisotopic (exact) mass is 453 g/mol. The van der Waals surface area contributed by atoms with Crippen LogP contribution in [0.25, 0.3) is 0 Å². The Morgan fingerprint density at radius 2 is 1.67 bits per heavy atom. The van der Waals surface area contributed by atoms with Crippen molar-refractivity contribution in [1.82, 2.24) is 10.7 Å². The number of ether oxygens (including phenoxy) is 2. The predicted molar refractivity (Wildman–Crippen MR) is 131 cm³/mol. The number of hydrazone groups is 1. The highest BCUT2D eigenvalue weighted by Gasteiger charge is 2.22. The number of aryl methyl sites for hydroxylation is 1. The van der Waals surface area contributed by atoms with Crippen molar-refractivity contribution in [2.75, 3.05) is 13.2 Å². The third-order valence-electron chi connectivity index (χ3n) is 4.66. The van der Waals surface area contributed by atoms with E-state index < -0.39 is 6.04 Å². The Bertz CT molecular complexity index is 923. The number of benzene rings is 2. The summed E-state index contributed by atoms with van der Waals surface area (Å²) in [6.45, 7) is 10.6. The quantitative estimate of drug-likeness (QED) is 0.374. The predicted octanol–water partition coefficient (Wildman–Crippen LogP) is 4.09. The van der Waals surface area contributed by atoms with E-state index in [9.17, 15) is 9.59 Å². The van der Waals surface area contributed by atoms with Gasteiger partial charge in [-0.2, -0.15) is 5.10 Å². The van der Waals surface area contributed by atoms with Gasteiger partial charge in [-0.15, -0.1) is 0 Å². The van der Waals surface area contributed by atoms with Gasteiger partial charge in [0.05, 0.1) is 12.8 Å². The van der Waals surface area contributed by atoms with Crippen LogP contribution in [0.3, 0.4) is 0 Å². The second-order valence-electron chi connectivity index (χ2n) is 8.81. The van der Waals surface area contributed by atoms with Gasteiger partial charge >= 0.3 is 0 Å². The average Bonchev–Trinajstić information content (AvgIpc) is 2.77. The second-order valence-corrected chi connectivity index (χ2v) is 8.81. The Morgan fingerprint density at radius 1 is 0.970 bits per heavy atom. The van der Waals surface area contributed by atoms with Crippen LogP contribution in [0.2, 0.25) is 0 Å². The Hall–Kier alpha value is -3.35. The maximum absolute atomic E-state index is 12.6. The van der Waals surface area contributed by atoms with E-state index in [1.54, 1.807) is 12.3 Å². The molecule has 2 N–H and O–H groups in total. The van der Waals surface area contributed by atoms with Crippen molar-refractivity contribution in [3.8, 4) is 11.5 Å². The molecule has 0 spiro atoms. The number of hydrogen-bond acceptors (Lipinski definition) is 5. The molecular weight excluding hydrogens is 418 g/mol. The van der Waals surface area contributed by atoms with Crippen molar-refractivity contribution < 1.29 is 19.1 Å². The van der Waals surface area contributed by atoms with Crippen LogP contribution >= 0.6 is 0 Å². The molecule has 7 heteroatoms. The van der Waals surface area contributed by atoms with Crippen LogP contribution in [-0.4, -0.2) is 37.3 Å². The van der Waals surface area contributed by atoms with Crippen LogP contribution in [0.4, 0.5) is 0 Å². The Labute approximate surface area is 196 Å². The maximum Gasteiger partial charge on any atom is 0.262 e. The van der Waals surface area contributed by atoms with E-state index in [0.29, 0.717) is 24.7 Å². The van der Waals surface area contributed by atoms with E-state index in [0.717, 1.165) is 16.9 Å². The molecule has 2 rings (SSSR count). The van der Waals surface area contributed by atoms with Crippen molar-refractivity contribution in [3.63, 3.8) is 0 Å². The molecule has 2 amide bonds. The minimum Gasteiger partial charge on any atom is -0.493 e. The van der Waals surface area contributed by atoms with Gasteiger partial charge in [-0.3, -0.25) is 9.59 Å². The number of rotatable bonds is 12. The lowest BCUT2D eigenvalue weighted by Gasteiger charge is -2.19. The molecule has 33 heavy (non-hydrogen) atoms. The normalized spacial score (nSPS) is 12.1. The van der Waals surface area contributed by atoms with E-state index >= 15 is 0 Å². The molecule has 0 fully saturated rings. The van der Waals surface area contributed by atoms with Crippen molar-refractivity contribution in [2.24, 2.45) is 16.9 Å². The third-order valence-corrected chi connectivity index (χ3v) is 4.66. The second kappa shape index (κ2) is 13.3. The number of hydrogen-bond donors (Lipinski definition) is 2. The van der Waals surface area contributed by atoms with Crippen LogP contribution in [-0.2, 0) is 9.59 Å². The summed E-state index contributed by atoms with van der Waals surface area (Å²) in [5, 5.41) is 6.79. The molecule has 0 aliphatic rings. The molecule has 2 aromatic carbocycles. The zero-order valence-electron chi connectivity index (χ0n) is 20.1. The van der Waals surface area contributed by atoms with Crippen LogP contribution < -0.4 is 20.2 Å². The number of para-hydroxylation sites is 1. The van der Waals surface area contributed by atoms with Crippen LogP contribution in [0, 0.1) is 18.8 Å². The molecule has 0 aliphatic heterocycles. The molecule has 7 nitrogen and oxygen atoms in total. The lowest BCUT2D eigenvalue weighted by molar-refractivity contribution is -0.130. The number of nitrogens with zero attached hydrogens (tertiary/aromatic N) is 1. The molecule has 0 unspecified atom stereocenters. The number of nitrogens with one attached hydrogen (secondary N) is 2. The highest BCUT2D eigenvalue weighted by molar-refractivity contribution is 5.89. The fourth-order valence-electron chi connectivity index (χ4n) is 2.96. The first-order chi connectivity index (χ1) is 15.7. The summed E-state index contributed by atoms with van der Waals surface area (Å²) in [6, 6.07) is 14.2. The van der Waals surface area contributed by atoms with Gasteiger partial charge in [-0.25, -0.2) is 5.43 Å². The molecule has 0 radical (unpaired) electrons. The lowest BCUT2D eigenvalue weighted by atomic mass is 10.0. The fraction of sp³-hybridized carbons (Fsp3) is 0.423. The number of carbonyl (C=O) groups excluding carboxylic acids is 2. The van der Waals surface area contributed by atoms with Crippen LogP contribution in [0.15, 0.2) is 53.6 Å². The summed E-state index contributed by atoms with van der Waals surface area (Å²) >= 11 is 0. The van der Waals surface area contributed by atoms with E-state index in [1.807, 2.05) is 63.2 Å². The van der Waals surface area contributed by atoms with Gasteiger partial charge in [0.2, 0.25) is 0 Å². The van der Waals surface area contributed by atoms with E-state index in [2.05, 4.69) is 29.7 Å². The van der Waals surface area contributed by atoms with E-state index in [-0.39, 0.29) is 24.3 Å². The van der Waals surface area contributed by atoms with Crippen molar-refractivity contribution in [3.05, 3.63) is 59.7 Å². The number of amides is 2. The van der Waals surface area contributed by atoms with E-state index in [4.69, 9.17) is 9.47 Å². The van der Waals surface area contributed by atoms with Gasteiger partial charge in [-0.1, -0.05) is 45.9 Å². The van der Waals surface area contributed by atoms with Crippen LogP contribution in [0.1, 0.15) is 45.2 Å². The minimum atomic E-state index is -0.707. The van der Waals surface area contributed by atoms with Gasteiger partial charge in [0.15, 0.2) is 6.61 Å². The van der Waals surface area contributed by atoms with Gasteiger partial charge < -0.3 is 14.8 Å². The molecular formula is C26H35N3O4. The summed E-state index contributed by atoms with van der Waals surface area (Å²) in [5.74, 6) is 1.36. The molecule has 0 heterocycles. The van der Waals surface area contributed by atoms with Gasteiger partial charge in [0.1, 0.15) is 17.5 Å². The molecule has 2 aromatic rings. The Kier molecular flexibility index (Phi) is 10.4. The van der Waals surface area contributed by atoms with Crippen molar-refractivity contribution in [1.29, 1.82) is 0 Å². The summed E-state index contributed by atoms with van der Waals surface area (Å²) in [6.07, 6.45) is 2.04. The summed E-state index contributed by atoms with van der Waals surface area (Å²) in [5.41, 5.74) is 4.29. The first kappa shape index (κ1) is 25.9. The first-order valence-corrected chi connectivity index (χ1v) is 11.3. The summed E-state index contributed by atoms with van der Waals surface area (Å²) in [4.78, 5) is 25.0. The smallest absolute Gasteiger partial charge is 0.262 e. The minimum absolute atomic E-state index is 0.165. The van der Waals surface area contributed by atoms with Gasteiger partial charge in [-0.05, 0) is 66.6 Å². The summed E-state index contributed by atoms with van der Waals surface area (Å²) in [7, 11) is 0. The zero-order chi connectivity index (χ0) is 24.2. The Balaban J connectivity index is 1.88. The van der Waals surface area contributed by atoms with Crippen molar-refractivity contribution in [2.45, 2.75) is 47.1 Å². The molecule has 178 valence electrons. The molecule has 0 saturated heterocycles. The average molecular weight is 454 g/mol. The molecule has 0 aliphatic carbocycles. The largest absolute Gasteiger partial charge is 0.493 e. The standard InChI is InChI=1S/C26H35N3O4/c1-18(2)14-23(28-25(30)17-33-24-9-7-6-8-20(24)5)26(31)29-27-15-21-10-12-22(13-11-21)32-16-19(3)4/h6-13,15,18-19,23H,14,16-17H2,1-5H3,(H,28,30)(H,29,31)/b27-15-/t23-/m0/s1. The Morgan fingerprint density at radius 3 is 2.30 bits per heavy atom. The topological polar surface area (TPSA) is 89.0 Å². The number of carbonyl (C=O) groups is 2. The van der Waals surface area contributed by atoms with Gasteiger partial charge in [0.25, 0.3) is 11.8 Å². The third kappa shape index (κ3) is 9.76. The molecule has 0 saturated carbocycles. The highest BCUT2D eigenvalue weighted by atomic mass is 16.5. The lowest BCUT2D eigenvalue weighted by Crippen LogP contribution is -2.47. The van der Waals surface area contributed by atoms with Gasteiger partial charge in [0, 0.05) is 0 Å². The zero-order valence-corrected chi connectivity index (χ0v) is 20.1. The maximum atomic E-state index is 12.6. The highest BCUT2D eigenvalue weighted by Crippen LogP contribution is 2.16. The SMILES string of the molecule is Cc1ccccc1OCC(=O)N[C@@H](CC(C)C)C(=O)N/N=C\c1ccc(OCC(C)C)cc1. The molecule has 0 aromatic heterocycles. The molecule has 0 bridgehead atoms. The fourth-order valence-corrected chi connectivity index (χ4v) is 2.96. The van der Waals surface area contributed by atoms with Crippen molar-refractivity contribution >= 4 is 18.0 Å².